The number of hydrogen-bond acceptors (Lipinski definition) is 1. The maximum atomic E-state index is 5.72. The maximum Gasteiger partial charge on any atom is 0.00697 e. The fourth-order valence-electron chi connectivity index (χ4n) is 1.38. The Labute approximate surface area is 51.3 Å². The van der Waals surface area contributed by atoms with Crippen LogP contribution in [-0.2, 0) is 0 Å². The van der Waals surface area contributed by atoms with Crippen LogP contribution in [-0.4, -0.2) is 6.04 Å². The van der Waals surface area contributed by atoms with Crippen LogP contribution in [0.5, 0.6) is 0 Å². The van der Waals surface area contributed by atoms with Crippen molar-refractivity contribution in [1.29, 1.82) is 0 Å². The number of nitrogens with two attached hydrogens (primary N) is 1. The average molecular weight is 113 g/mol. The minimum atomic E-state index is 0.523. The average Bonchev–Trinajstić information content (AvgIpc) is 1.61. The molecule has 1 nitrogen and oxygen atoms in total. The topological polar surface area (TPSA) is 26.0 Å². The first-order valence-electron chi connectivity index (χ1n) is 3.47. The highest BCUT2D eigenvalue weighted by molar-refractivity contribution is 4.85. The summed E-state index contributed by atoms with van der Waals surface area (Å²) < 4.78 is 0. The minimum absolute atomic E-state index is 0.523. The Morgan fingerprint density at radius 2 is 2.00 bits per heavy atom. The lowest BCUT2D eigenvalue weighted by Gasteiger charge is -2.36. The summed E-state index contributed by atoms with van der Waals surface area (Å²) in [6, 6.07) is 0.523. The van der Waals surface area contributed by atoms with Crippen LogP contribution in [0.1, 0.15) is 26.7 Å². The van der Waals surface area contributed by atoms with Crippen molar-refractivity contribution in [3.8, 4) is 0 Å². The van der Waals surface area contributed by atoms with E-state index < -0.39 is 0 Å². The predicted molar refractivity (Wildman–Crippen MR) is 35.5 cm³/mol. The fraction of sp³-hybridized carbons (Fsp3) is 1.00. The van der Waals surface area contributed by atoms with Gasteiger partial charge < -0.3 is 5.73 Å². The van der Waals surface area contributed by atoms with Crippen LogP contribution in [0, 0.1) is 11.8 Å². The molecule has 0 spiro atoms. The molecule has 1 heteroatoms. The molecule has 0 saturated heterocycles. The van der Waals surface area contributed by atoms with Gasteiger partial charge in [-0.25, -0.2) is 0 Å². The second-order valence-electron chi connectivity index (χ2n) is 3.15. The summed E-state index contributed by atoms with van der Waals surface area (Å²) in [5.74, 6) is 1.63. The van der Waals surface area contributed by atoms with E-state index in [9.17, 15) is 0 Å². The predicted octanol–water partition coefficient (Wildman–Crippen LogP) is 1.38. The molecular formula is C7H15N. The van der Waals surface area contributed by atoms with Crippen molar-refractivity contribution in [2.24, 2.45) is 17.6 Å². The molecule has 0 aliphatic heterocycles. The Kier molecular flexibility index (Phi) is 1.57. The largest absolute Gasteiger partial charge is 0.327 e. The van der Waals surface area contributed by atoms with Gasteiger partial charge >= 0.3 is 0 Å². The van der Waals surface area contributed by atoms with E-state index in [0.29, 0.717) is 6.04 Å². The zero-order valence-electron chi connectivity index (χ0n) is 5.72. The molecule has 1 aliphatic carbocycles. The quantitative estimate of drug-likeness (QED) is 0.546. The lowest BCUT2D eigenvalue weighted by atomic mass is 9.73. The van der Waals surface area contributed by atoms with E-state index in [4.69, 9.17) is 5.73 Å². The van der Waals surface area contributed by atoms with Gasteiger partial charge in [0.05, 0.1) is 0 Å². The molecule has 0 aromatic carbocycles. The molecule has 0 amide bonds. The van der Waals surface area contributed by atoms with E-state index >= 15 is 0 Å². The van der Waals surface area contributed by atoms with E-state index in [1.54, 1.807) is 0 Å². The third-order valence-electron chi connectivity index (χ3n) is 2.24. The normalized spacial score (nSPS) is 37.5. The van der Waals surface area contributed by atoms with E-state index in [1.807, 2.05) is 0 Å². The third-order valence-corrected chi connectivity index (χ3v) is 2.24. The molecule has 2 N–H and O–H groups in total. The van der Waals surface area contributed by atoms with Gasteiger partial charge in [0.15, 0.2) is 0 Å². The van der Waals surface area contributed by atoms with Crippen LogP contribution < -0.4 is 5.73 Å². The molecule has 1 aliphatic rings. The molecule has 8 heavy (non-hydrogen) atoms. The van der Waals surface area contributed by atoms with Crippen LogP contribution in [0.3, 0.4) is 0 Å². The van der Waals surface area contributed by atoms with Crippen molar-refractivity contribution in [3.63, 3.8) is 0 Å². The van der Waals surface area contributed by atoms with Crippen LogP contribution >= 0.6 is 0 Å². The first-order valence-corrected chi connectivity index (χ1v) is 3.47. The van der Waals surface area contributed by atoms with Crippen LogP contribution in [0.4, 0.5) is 0 Å². The van der Waals surface area contributed by atoms with Gasteiger partial charge in [0.2, 0.25) is 0 Å². The Bertz CT molecular complexity index is 73.7. The summed E-state index contributed by atoms with van der Waals surface area (Å²) in [5, 5.41) is 0. The first kappa shape index (κ1) is 6.09. The summed E-state index contributed by atoms with van der Waals surface area (Å²) in [7, 11) is 0. The fourth-order valence-corrected chi connectivity index (χ4v) is 1.38. The monoisotopic (exact) mass is 113 g/mol. The summed E-state index contributed by atoms with van der Waals surface area (Å²) in [5.41, 5.74) is 5.72. The summed E-state index contributed by atoms with van der Waals surface area (Å²) in [4.78, 5) is 0. The molecule has 0 heterocycles. The highest BCUT2D eigenvalue weighted by Gasteiger charge is 2.29. The molecule has 1 saturated carbocycles. The van der Waals surface area contributed by atoms with E-state index in [2.05, 4.69) is 13.8 Å². The zero-order valence-corrected chi connectivity index (χ0v) is 5.72. The van der Waals surface area contributed by atoms with Gasteiger partial charge in [-0.3, -0.25) is 0 Å². The van der Waals surface area contributed by atoms with Crippen LogP contribution in [0.15, 0.2) is 0 Å². The van der Waals surface area contributed by atoms with Crippen molar-refractivity contribution >= 4 is 0 Å². The molecule has 2 unspecified atom stereocenters. The Morgan fingerprint density at radius 1 is 1.38 bits per heavy atom. The highest BCUT2D eigenvalue weighted by atomic mass is 14.7. The second kappa shape index (κ2) is 2.06. The lowest BCUT2D eigenvalue weighted by molar-refractivity contribution is 0.190. The van der Waals surface area contributed by atoms with Gasteiger partial charge in [-0.15, -0.1) is 0 Å². The lowest BCUT2D eigenvalue weighted by Crippen LogP contribution is -2.42. The smallest absolute Gasteiger partial charge is 0.00697 e. The van der Waals surface area contributed by atoms with E-state index in [1.165, 1.54) is 12.8 Å². The molecular weight excluding hydrogens is 98.1 g/mol. The van der Waals surface area contributed by atoms with Gasteiger partial charge in [-0.1, -0.05) is 13.8 Å². The summed E-state index contributed by atoms with van der Waals surface area (Å²) in [6.45, 7) is 4.51. The number of rotatable bonds is 1. The van der Waals surface area contributed by atoms with Gasteiger partial charge in [0, 0.05) is 6.04 Å². The molecule has 0 aromatic heterocycles. The van der Waals surface area contributed by atoms with Gasteiger partial charge in [-0.05, 0) is 24.7 Å². The maximum absolute atomic E-state index is 5.72. The number of hydrogen-bond donors (Lipinski definition) is 1. The third kappa shape index (κ3) is 0.873. The molecule has 0 bridgehead atoms. The van der Waals surface area contributed by atoms with Crippen LogP contribution in [0.25, 0.3) is 0 Å². The molecule has 1 rings (SSSR count). The Hall–Kier alpha value is -0.0400. The van der Waals surface area contributed by atoms with Gasteiger partial charge in [-0.2, -0.15) is 0 Å². The van der Waals surface area contributed by atoms with E-state index in [-0.39, 0.29) is 0 Å². The summed E-state index contributed by atoms with van der Waals surface area (Å²) >= 11 is 0. The minimum Gasteiger partial charge on any atom is -0.327 e. The molecule has 1 fully saturated rings. The van der Waals surface area contributed by atoms with Crippen molar-refractivity contribution < 1.29 is 0 Å². The first-order chi connectivity index (χ1) is 3.72. The standard InChI is InChI=1S/C7H15N/c1-5(2)6-3-4-7(6)8/h5-7H,3-4,8H2,1-2H3. The summed E-state index contributed by atoms with van der Waals surface area (Å²) in [6.07, 6.45) is 2.61. The van der Waals surface area contributed by atoms with Crippen molar-refractivity contribution in [2.45, 2.75) is 32.7 Å². The van der Waals surface area contributed by atoms with Crippen LogP contribution in [0.2, 0.25) is 0 Å². The van der Waals surface area contributed by atoms with Gasteiger partial charge in [0.1, 0.15) is 0 Å². The van der Waals surface area contributed by atoms with Gasteiger partial charge in [0.25, 0.3) is 0 Å². The highest BCUT2D eigenvalue weighted by Crippen LogP contribution is 2.31. The second-order valence-corrected chi connectivity index (χ2v) is 3.15. The van der Waals surface area contributed by atoms with Crippen molar-refractivity contribution in [3.05, 3.63) is 0 Å². The SMILES string of the molecule is CC(C)C1CCC1N. The molecule has 2 atom stereocenters. The molecule has 0 aromatic rings. The van der Waals surface area contributed by atoms with E-state index in [0.717, 1.165) is 11.8 Å². The van der Waals surface area contributed by atoms with Crippen molar-refractivity contribution in [1.82, 2.24) is 0 Å². The Morgan fingerprint density at radius 3 is 2.00 bits per heavy atom. The van der Waals surface area contributed by atoms with Crippen molar-refractivity contribution in [2.75, 3.05) is 0 Å². The molecule has 48 valence electrons. The zero-order chi connectivity index (χ0) is 6.15. The Balaban J connectivity index is 2.26. The molecule has 0 radical (unpaired) electrons.